The van der Waals surface area contributed by atoms with Crippen molar-refractivity contribution in [3.05, 3.63) is 48.6 Å². The zero-order chi connectivity index (χ0) is 43.7. The topological polar surface area (TPSA) is 232 Å². The molecular weight excluding hydrogens is 781 g/mol. The third-order valence-corrected chi connectivity index (χ3v) is 11.1. The molecule has 0 aromatic carbocycles. The third-order valence-electron chi connectivity index (χ3n) is 10.2. The number of esters is 2. The van der Waals surface area contributed by atoms with Gasteiger partial charge in [-0.1, -0.05) is 120 Å². The minimum absolute atomic E-state index is 0.0893. The molecular formula is C44H76NO13P. The molecule has 1 aliphatic carbocycles. The summed E-state index contributed by atoms with van der Waals surface area (Å²) in [5, 5.41) is 40.3. The van der Waals surface area contributed by atoms with Crippen LogP contribution in [0, 0.1) is 11.8 Å². The van der Waals surface area contributed by atoms with Crippen molar-refractivity contribution in [1.82, 2.24) is 0 Å². The highest BCUT2D eigenvalue weighted by atomic mass is 31.2. The van der Waals surface area contributed by atoms with E-state index in [1.807, 2.05) is 6.08 Å². The second-order valence-electron chi connectivity index (χ2n) is 15.4. The molecule has 1 aliphatic rings. The van der Waals surface area contributed by atoms with Gasteiger partial charge in [-0.15, -0.1) is 0 Å². The zero-order valence-corrected chi connectivity index (χ0v) is 36.6. The average molecular weight is 858 g/mol. The van der Waals surface area contributed by atoms with Gasteiger partial charge in [-0.25, -0.2) is 4.57 Å². The Labute approximate surface area is 352 Å². The molecule has 8 atom stereocenters. The summed E-state index contributed by atoms with van der Waals surface area (Å²) in [6.45, 7) is 2.35. The fourth-order valence-electron chi connectivity index (χ4n) is 6.70. The molecule has 0 aromatic heterocycles. The van der Waals surface area contributed by atoms with E-state index in [9.17, 15) is 39.2 Å². The van der Waals surface area contributed by atoms with Crippen molar-refractivity contribution in [2.75, 3.05) is 19.8 Å². The lowest BCUT2D eigenvalue weighted by atomic mass is 9.88. The van der Waals surface area contributed by atoms with Crippen LogP contribution < -0.4 is 5.73 Å². The molecule has 7 N–H and O–H groups in total. The number of phosphoric acid groups is 1. The fourth-order valence-corrected chi connectivity index (χ4v) is 7.48. The second-order valence-corrected chi connectivity index (χ2v) is 16.9. The zero-order valence-electron chi connectivity index (χ0n) is 35.7. The van der Waals surface area contributed by atoms with Crippen molar-refractivity contribution < 1.29 is 62.8 Å². The number of phosphoric ester groups is 1. The van der Waals surface area contributed by atoms with Crippen molar-refractivity contribution in [3.8, 4) is 0 Å². The number of hydrogen-bond acceptors (Lipinski definition) is 12. The number of unbranched alkanes of at least 4 members (excludes halogenated alkanes) is 10. The number of carbonyl (C=O) groups excluding carboxylic acids is 2. The average Bonchev–Trinajstić information content (AvgIpc) is 3.47. The maximum absolute atomic E-state index is 12.7. The molecule has 1 unspecified atom stereocenters. The van der Waals surface area contributed by atoms with Gasteiger partial charge < -0.3 is 40.5 Å². The number of carbonyl (C=O) groups is 3. The van der Waals surface area contributed by atoms with Gasteiger partial charge in [-0.05, 0) is 63.7 Å². The Morgan fingerprint density at radius 1 is 0.763 bits per heavy atom. The smallest absolute Gasteiger partial charge is 0.472 e. The van der Waals surface area contributed by atoms with Crippen molar-refractivity contribution >= 4 is 25.7 Å². The molecule has 14 nitrogen and oxygen atoms in total. The van der Waals surface area contributed by atoms with Gasteiger partial charge in [0.05, 0.1) is 31.5 Å². The normalized spacial score (nSPS) is 21.1. The Morgan fingerprint density at radius 2 is 1.37 bits per heavy atom. The number of rotatable bonds is 36. The number of aliphatic hydroxyl groups is 3. The van der Waals surface area contributed by atoms with Crippen molar-refractivity contribution in [2.24, 2.45) is 17.6 Å². The molecule has 1 rings (SSSR count). The highest BCUT2D eigenvalue weighted by Gasteiger charge is 2.39. The standard InChI is InChI=1S/C44H76NO13P/c1-3-5-7-8-9-10-11-12-13-14-15-16-17-18-24-28-43(50)58-36(33-56-59(53,54)57-34-39(45)44(51)52)32-55-42(49)27-23-20-19-22-26-37-38(41(48)31-40(37)47)30-29-35(46)25-21-6-4-2/h5,7,9-10,12-13,29-30,35-41,46-48H,3-4,6,8,11,14-28,31-34,45H2,1-2H3,(H,51,52)(H,53,54)/b7-5-,10-9-,13-12-,30-29+/t35-,36+,37+,38+,39-,40-,41+/m0/s1. The van der Waals surface area contributed by atoms with Crippen LogP contribution in [0.3, 0.4) is 0 Å². The first-order chi connectivity index (χ1) is 28.3. The van der Waals surface area contributed by atoms with Crippen molar-refractivity contribution in [3.63, 3.8) is 0 Å². The largest absolute Gasteiger partial charge is 0.480 e. The molecule has 15 heteroatoms. The van der Waals surface area contributed by atoms with Gasteiger partial charge >= 0.3 is 25.7 Å². The summed E-state index contributed by atoms with van der Waals surface area (Å²) in [5.41, 5.74) is 5.33. The van der Waals surface area contributed by atoms with Gasteiger partial charge in [0.1, 0.15) is 12.6 Å². The van der Waals surface area contributed by atoms with Gasteiger partial charge in [-0.3, -0.25) is 23.4 Å². The van der Waals surface area contributed by atoms with E-state index in [2.05, 4.69) is 54.8 Å². The van der Waals surface area contributed by atoms with Crippen molar-refractivity contribution in [2.45, 2.75) is 179 Å². The van der Waals surface area contributed by atoms with Gasteiger partial charge in [0, 0.05) is 25.2 Å². The molecule has 0 heterocycles. The van der Waals surface area contributed by atoms with Crippen LogP contribution in [-0.4, -0.2) is 93.5 Å². The number of hydrogen-bond donors (Lipinski definition) is 6. The predicted molar refractivity (Wildman–Crippen MR) is 228 cm³/mol. The SMILES string of the molecule is CC/C=C\C/C=C\C/C=C\CCCCCCCC(=O)O[C@H](COC(=O)CCCCCC[C@@H]1[C@@H](/C=C/[C@@H](O)CCCCC)[C@H](O)C[C@@H]1O)COP(=O)(O)OC[C@H](N)C(=O)O. The molecule has 0 aliphatic heterocycles. The van der Waals surface area contributed by atoms with Crippen LogP contribution in [0.25, 0.3) is 0 Å². The summed E-state index contributed by atoms with van der Waals surface area (Å²) in [6.07, 6.45) is 29.6. The van der Waals surface area contributed by atoms with Crippen LogP contribution in [0.5, 0.6) is 0 Å². The van der Waals surface area contributed by atoms with Crippen LogP contribution in [0.15, 0.2) is 48.6 Å². The number of ether oxygens (including phenoxy) is 2. The summed E-state index contributed by atoms with van der Waals surface area (Å²) in [7, 11) is -4.78. The minimum Gasteiger partial charge on any atom is -0.480 e. The van der Waals surface area contributed by atoms with Gasteiger partial charge in [0.2, 0.25) is 0 Å². The van der Waals surface area contributed by atoms with E-state index in [4.69, 9.17) is 24.8 Å². The highest BCUT2D eigenvalue weighted by Crippen LogP contribution is 2.43. The Kier molecular flexibility index (Phi) is 31.3. The molecule has 0 amide bonds. The molecule has 1 saturated carbocycles. The Balaban J connectivity index is 2.49. The highest BCUT2D eigenvalue weighted by molar-refractivity contribution is 7.47. The second kappa shape index (κ2) is 34.0. The van der Waals surface area contributed by atoms with Crippen LogP contribution in [0.4, 0.5) is 0 Å². The van der Waals surface area contributed by atoms with Crippen LogP contribution in [-0.2, 0) is 37.5 Å². The number of aliphatic hydroxyl groups excluding tert-OH is 3. The number of nitrogens with two attached hydrogens (primary N) is 1. The van der Waals surface area contributed by atoms with Crippen LogP contribution in [0.2, 0.25) is 0 Å². The number of allylic oxidation sites excluding steroid dienone is 6. The van der Waals surface area contributed by atoms with E-state index in [-0.39, 0.29) is 24.7 Å². The Hall–Kier alpha value is -2.68. The van der Waals surface area contributed by atoms with Crippen molar-refractivity contribution in [1.29, 1.82) is 0 Å². The third kappa shape index (κ3) is 28.5. The summed E-state index contributed by atoms with van der Waals surface area (Å²) < 4.78 is 32.7. The van der Waals surface area contributed by atoms with E-state index in [1.165, 1.54) is 0 Å². The van der Waals surface area contributed by atoms with E-state index >= 15 is 0 Å². The summed E-state index contributed by atoms with van der Waals surface area (Å²) in [6, 6.07) is -1.56. The first-order valence-corrected chi connectivity index (χ1v) is 23.4. The lowest BCUT2D eigenvalue weighted by Gasteiger charge is -2.21. The van der Waals surface area contributed by atoms with E-state index in [1.54, 1.807) is 6.08 Å². The predicted octanol–water partition coefficient (Wildman–Crippen LogP) is 7.77. The first kappa shape index (κ1) is 54.3. The first-order valence-electron chi connectivity index (χ1n) is 21.9. The maximum Gasteiger partial charge on any atom is 0.472 e. The molecule has 0 saturated heterocycles. The monoisotopic (exact) mass is 858 g/mol. The molecule has 0 spiro atoms. The molecule has 59 heavy (non-hydrogen) atoms. The summed E-state index contributed by atoms with van der Waals surface area (Å²) >= 11 is 0. The molecule has 0 aromatic rings. The Bertz CT molecular complexity index is 1310. The molecule has 0 radical (unpaired) electrons. The summed E-state index contributed by atoms with van der Waals surface area (Å²) in [4.78, 5) is 46.2. The number of carboxylic acids is 1. The molecule has 1 fully saturated rings. The Morgan fingerprint density at radius 3 is 2.05 bits per heavy atom. The summed E-state index contributed by atoms with van der Waals surface area (Å²) in [5.74, 6) is -2.91. The van der Waals surface area contributed by atoms with Gasteiger partial charge in [-0.2, -0.15) is 0 Å². The molecule has 340 valence electrons. The minimum atomic E-state index is -4.78. The number of aliphatic carboxylic acids is 1. The van der Waals surface area contributed by atoms with Gasteiger partial charge in [0.25, 0.3) is 0 Å². The lowest BCUT2D eigenvalue weighted by Crippen LogP contribution is -2.34. The van der Waals surface area contributed by atoms with Crippen LogP contribution >= 0.6 is 7.82 Å². The van der Waals surface area contributed by atoms with E-state index in [0.29, 0.717) is 38.5 Å². The lowest BCUT2D eigenvalue weighted by molar-refractivity contribution is -0.161. The van der Waals surface area contributed by atoms with Crippen LogP contribution in [0.1, 0.15) is 149 Å². The quantitative estimate of drug-likeness (QED) is 0.0153. The van der Waals surface area contributed by atoms with E-state index < -0.39 is 76.0 Å². The van der Waals surface area contributed by atoms with E-state index in [0.717, 1.165) is 83.5 Å². The fraction of sp³-hybridized carbons (Fsp3) is 0.750. The van der Waals surface area contributed by atoms with Gasteiger partial charge in [0.15, 0.2) is 6.10 Å². The molecule has 0 bridgehead atoms. The maximum atomic E-state index is 12.7. The number of carboxylic acid groups (broad SMARTS) is 1.